The molecule has 0 aliphatic heterocycles. The molecule has 2 N–H and O–H groups in total. The van der Waals surface area contributed by atoms with Gasteiger partial charge in [0.1, 0.15) is 12.4 Å². The lowest BCUT2D eigenvalue weighted by atomic mass is 10.2. The molecule has 0 bridgehead atoms. The Morgan fingerprint density at radius 2 is 1.68 bits per heavy atom. The van der Waals surface area contributed by atoms with Gasteiger partial charge in [-0.25, -0.2) is 4.79 Å². The summed E-state index contributed by atoms with van der Waals surface area (Å²) in [4.78, 5) is 21.7. The number of hydrogen-bond donors (Lipinski definition) is 2. The van der Waals surface area contributed by atoms with E-state index in [1.807, 2.05) is 30.3 Å². The van der Waals surface area contributed by atoms with E-state index in [-0.39, 0.29) is 6.61 Å². The topological polar surface area (TPSA) is 75.6 Å². The van der Waals surface area contributed by atoms with Gasteiger partial charge in [0.25, 0.3) is 0 Å². The van der Waals surface area contributed by atoms with Crippen LogP contribution in [0.1, 0.15) is 16.9 Å². The van der Waals surface area contributed by atoms with E-state index in [0.29, 0.717) is 5.56 Å². The Morgan fingerprint density at radius 1 is 1.14 bits per heavy atom. The molecule has 2 aromatic rings. The lowest BCUT2D eigenvalue weighted by Crippen LogP contribution is -2.29. The van der Waals surface area contributed by atoms with Crippen LogP contribution in [0.15, 0.2) is 60.7 Å². The van der Waals surface area contributed by atoms with Gasteiger partial charge in [-0.2, -0.15) is 0 Å². The largest absolute Gasteiger partial charge is 0.445 e. The quantitative estimate of drug-likeness (QED) is 0.827. The molecule has 6 heteroatoms. The van der Waals surface area contributed by atoms with Crippen LogP contribution >= 0.6 is 7.37 Å². The fourth-order valence-corrected chi connectivity index (χ4v) is 3.06. The summed E-state index contributed by atoms with van der Waals surface area (Å²) in [5.74, 6) is -0.989. The summed E-state index contributed by atoms with van der Waals surface area (Å²) >= 11 is 0. The summed E-state index contributed by atoms with van der Waals surface area (Å²) in [5, 5.41) is 2.47. The summed E-state index contributed by atoms with van der Waals surface area (Å²) < 4.78 is 17.1. The second kappa shape index (κ2) is 7.25. The SMILES string of the molecule is CP(=O)(O)[C@@H](NC(=O)OCc1ccccc1)c1ccccc1. The van der Waals surface area contributed by atoms with Crippen LogP contribution in [-0.2, 0) is 15.9 Å². The van der Waals surface area contributed by atoms with Crippen molar-refractivity contribution in [2.75, 3.05) is 6.66 Å². The summed E-state index contributed by atoms with van der Waals surface area (Å²) in [5.41, 5.74) is 1.41. The lowest BCUT2D eigenvalue weighted by molar-refractivity contribution is 0.138. The Morgan fingerprint density at radius 3 is 2.23 bits per heavy atom. The van der Waals surface area contributed by atoms with Gasteiger partial charge in [0, 0.05) is 6.66 Å². The van der Waals surface area contributed by atoms with Crippen molar-refractivity contribution in [3.63, 3.8) is 0 Å². The van der Waals surface area contributed by atoms with Gasteiger partial charge < -0.3 is 14.9 Å². The Hall–Kier alpha value is -2.10. The normalized spacial score (nSPS) is 14.6. The number of ether oxygens (including phenoxy) is 1. The predicted molar refractivity (Wildman–Crippen MR) is 84.7 cm³/mol. The third-order valence-corrected chi connectivity index (χ3v) is 4.45. The molecule has 0 saturated carbocycles. The summed E-state index contributed by atoms with van der Waals surface area (Å²) in [6.45, 7) is 1.32. The van der Waals surface area contributed by atoms with E-state index in [2.05, 4.69) is 5.32 Å². The Kier molecular flexibility index (Phi) is 5.36. The van der Waals surface area contributed by atoms with Gasteiger partial charge in [-0.05, 0) is 11.1 Å². The maximum absolute atomic E-state index is 12.0. The number of rotatable bonds is 5. The van der Waals surface area contributed by atoms with Crippen LogP contribution in [0, 0.1) is 0 Å². The van der Waals surface area contributed by atoms with E-state index in [1.165, 1.54) is 6.66 Å². The number of benzene rings is 2. The maximum Gasteiger partial charge on any atom is 0.408 e. The molecule has 5 nitrogen and oxygen atoms in total. The molecule has 22 heavy (non-hydrogen) atoms. The van der Waals surface area contributed by atoms with Crippen LogP contribution in [-0.4, -0.2) is 17.7 Å². The minimum atomic E-state index is -3.56. The average Bonchev–Trinajstić information content (AvgIpc) is 2.51. The molecule has 0 fully saturated rings. The second-order valence-electron chi connectivity index (χ2n) is 4.96. The van der Waals surface area contributed by atoms with Crippen LogP contribution in [0.3, 0.4) is 0 Å². The van der Waals surface area contributed by atoms with E-state index in [1.54, 1.807) is 30.3 Å². The van der Waals surface area contributed by atoms with Gasteiger partial charge in [0.15, 0.2) is 0 Å². The molecule has 0 heterocycles. The molecule has 1 unspecified atom stereocenters. The molecule has 0 spiro atoms. The van der Waals surface area contributed by atoms with Crippen molar-refractivity contribution in [3.05, 3.63) is 71.8 Å². The van der Waals surface area contributed by atoms with E-state index in [0.717, 1.165) is 5.56 Å². The molecule has 0 saturated heterocycles. The lowest BCUT2D eigenvalue weighted by Gasteiger charge is -2.21. The molecule has 2 rings (SSSR count). The molecule has 0 aliphatic carbocycles. The van der Waals surface area contributed by atoms with Crippen LogP contribution in [0.25, 0.3) is 0 Å². The first-order valence-electron chi connectivity index (χ1n) is 6.79. The number of nitrogens with one attached hydrogen (secondary N) is 1. The second-order valence-corrected chi connectivity index (χ2v) is 7.37. The molecule has 0 aliphatic rings. The van der Waals surface area contributed by atoms with Crippen molar-refractivity contribution in [1.29, 1.82) is 0 Å². The van der Waals surface area contributed by atoms with Gasteiger partial charge in [0.05, 0.1) is 0 Å². The highest BCUT2D eigenvalue weighted by Crippen LogP contribution is 2.50. The van der Waals surface area contributed by atoms with Crippen molar-refractivity contribution < 1.29 is 19.0 Å². The van der Waals surface area contributed by atoms with Gasteiger partial charge in [0.2, 0.25) is 7.37 Å². The van der Waals surface area contributed by atoms with E-state index < -0.39 is 19.2 Å². The molecular formula is C16H18NO4P. The first-order valence-corrected chi connectivity index (χ1v) is 8.96. The Labute approximate surface area is 129 Å². The van der Waals surface area contributed by atoms with Crippen molar-refractivity contribution in [2.24, 2.45) is 0 Å². The molecule has 0 radical (unpaired) electrons. The van der Waals surface area contributed by atoms with Crippen molar-refractivity contribution in [2.45, 2.75) is 12.4 Å². The molecule has 2 atom stereocenters. The number of carbonyl (C=O) groups excluding carboxylic acids is 1. The predicted octanol–water partition coefficient (Wildman–Crippen LogP) is 3.51. The molecule has 2 aromatic carbocycles. The van der Waals surface area contributed by atoms with Crippen LogP contribution in [0.5, 0.6) is 0 Å². The zero-order valence-corrected chi connectivity index (χ0v) is 13.1. The van der Waals surface area contributed by atoms with Crippen LogP contribution in [0.4, 0.5) is 4.79 Å². The fourth-order valence-electron chi connectivity index (χ4n) is 1.99. The third-order valence-electron chi connectivity index (χ3n) is 3.06. The first-order chi connectivity index (χ1) is 10.5. The number of alkyl carbamates (subject to hydrolysis) is 1. The molecule has 0 aromatic heterocycles. The van der Waals surface area contributed by atoms with E-state index in [4.69, 9.17) is 4.74 Å². The summed E-state index contributed by atoms with van der Waals surface area (Å²) in [6.07, 6.45) is -0.728. The molecular weight excluding hydrogens is 301 g/mol. The van der Waals surface area contributed by atoms with Crippen molar-refractivity contribution >= 4 is 13.5 Å². The first kappa shape index (κ1) is 16.3. The van der Waals surface area contributed by atoms with Crippen molar-refractivity contribution in [1.82, 2.24) is 5.32 Å². The van der Waals surface area contributed by atoms with Crippen molar-refractivity contribution in [3.8, 4) is 0 Å². The number of carbonyl (C=O) groups is 1. The maximum atomic E-state index is 12.0. The monoisotopic (exact) mass is 319 g/mol. The summed E-state index contributed by atoms with van der Waals surface area (Å²) in [7, 11) is -3.56. The highest BCUT2D eigenvalue weighted by molar-refractivity contribution is 7.57. The van der Waals surface area contributed by atoms with Gasteiger partial charge in [-0.3, -0.25) is 4.57 Å². The number of hydrogen-bond acceptors (Lipinski definition) is 3. The zero-order chi connectivity index (χ0) is 16.0. The third kappa shape index (κ3) is 4.72. The minimum absolute atomic E-state index is 0.105. The van der Waals surface area contributed by atoms with Crippen LogP contribution in [0.2, 0.25) is 0 Å². The summed E-state index contributed by atoms with van der Waals surface area (Å²) in [6, 6.07) is 17.9. The molecule has 116 valence electrons. The highest BCUT2D eigenvalue weighted by atomic mass is 31.2. The zero-order valence-electron chi connectivity index (χ0n) is 12.2. The van der Waals surface area contributed by atoms with E-state index >= 15 is 0 Å². The average molecular weight is 319 g/mol. The number of amides is 1. The van der Waals surface area contributed by atoms with Gasteiger partial charge in [-0.15, -0.1) is 0 Å². The van der Waals surface area contributed by atoms with Gasteiger partial charge in [-0.1, -0.05) is 60.7 Å². The highest BCUT2D eigenvalue weighted by Gasteiger charge is 2.29. The van der Waals surface area contributed by atoms with E-state index in [9.17, 15) is 14.3 Å². The molecule has 1 amide bonds. The standard InChI is InChI=1S/C16H18NO4P/c1-22(19,20)15(14-10-6-3-7-11-14)17-16(18)21-12-13-8-4-2-5-9-13/h2-11,15H,12H2,1H3,(H,17,18)(H,19,20)/t15-/m1/s1. The fraction of sp³-hybridized carbons (Fsp3) is 0.188. The minimum Gasteiger partial charge on any atom is -0.445 e. The smallest absolute Gasteiger partial charge is 0.408 e. The van der Waals surface area contributed by atoms with Gasteiger partial charge >= 0.3 is 6.09 Å². The Bertz CT molecular complexity index is 654. The van der Waals surface area contributed by atoms with Crippen LogP contribution < -0.4 is 5.32 Å². The Balaban J connectivity index is 2.02.